The van der Waals surface area contributed by atoms with Gasteiger partial charge in [-0.1, -0.05) is 0 Å². The van der Waals surface area contributed by atoms with Crippen molar-refractivity contribution in [3.8, 4) is 0 Å². The van der Waals surface area contributed by atoms with E-state index in [9.17, 15) is 9.59 Å². The average Bonchev–Trinajstić information content (AvgIpc) is 2.03. The molecule has 0 saturated heterocycles. The molecule has 0 aliphatic carbocycles. The van der Waals surface area contributed by atoms with Gasteiger partial charge in [-0.25, -0.2) is 0 Å². The minimum absolute atomic E-state index is 0.0132. The topological polar surface area (TPSA) is 74.6 Å². The summed E-state index contributed by atoms with van der Waals surface area (Å²) in [4.78, 5) is 21.1. The Morgan fingerprint density at radius 2 is 1.38 bits per heavy atom. The van der Waals surface area contributed by atoms with Crippen LogP contribution in [0.3, 0.4) is 0 Å². The van der Waals surface area contributed by atoms with E-state index in [0.29, 0.717) is 4.35 Å². The predicted octanol–water partition coefficient (Wildman–Crippen LogP) is -0.659. The van der Waals surface area contributed by atoms with Crippen LogP contribution in [0.15, 0.2) is 18.2 Å². The standard InChI is InChI=1S/C8H7AsO4/c9-6-2-4(7(10)11)1-5(3-6)8(12)13/h1-3H,9H2,(H,10,11)(H,12,13). The van der Waals surface area contributed by atoms with Crippen LogP contribution in [0.4, 0.5) is 0 Å². The molecule has 4 nitrogen and oxygen atoms in total. The molecule has 68 valence electrons. The Bertz CT molecular complexity index is 340. The summed E-state index contributed by atoms with van der Waals surface area (Å²) in [6.45, 7) is 0. The van der Waals surface area contributed by atoms with Crippen LogP contribution in [0.5, 0.6) is 0 Å². The maximum atomic E-state index is 10.5. The molecule has 1 rings (SSSR count). The average molecular weight is 242 g/mol. The third kappa shape index (κ3) is 2.33. The normalized spacial score (nSPS) is 9.62. The number of rotatable bonds is 2. The van der Waals surface area contributed by atoms with Crippen molar-refractivity contribution < 1.29 is 19.8 Å². The summed E-state index contributed by atoms with van der Waals surface area (Å²) >= 11 is 1.19. The Morgan fingerprint density at radius 3 is 1.69 bits per heavy atom. The molecule has 0 saturated carbocycles. The molecule has 0 amide bonds. The first-order chi connectivity index (χ1) is 6.00. The van der Waals surface area contributed by atoms with Gasteiger partial charge in [0.1, 0.15) is 0 Å². The summed E-state index contributed by atoms with van der Waals surface area (Å²) in [5, 5.41) is 17.3. The molecule has 5 heteroatoms. The van der Waals surface area contributed by atoms with Crippen LogP contribution in [0.2, 0.25) is 0 Å². The van der Waals surface area contributed by atoms with Gasteiger partial charge in [-0.3, -0.25) is 0 Å². The van der Waals surface area contributed by atoms with Crippen LogP contribution >= 0.6 is 0 Å². The monoisotopic (exact) mass is 242 g/mol. The molecule has 0 spiro atoms. The van der Waals surface area contributed by atoms with Crippen molar-refractivity contribution in [2.75, 3.05) is 0 Å². The van der Waals surface area contributed by atoms with E-state index in [2.05, 4.69) is 0 Å². The summed E-state index contributed by atoms with van der Waals surface area (Å²) in [5.74, 6) is -2.22. The van der Waals surface area contributed by atoms with Crippen LogP contribution in [0.25, 0.3) is 0 Å². The number of hydrogen-bond acceptors (Lipinski definition) is 2. The molecular weight excluding hydrogens is 235 g/mol. The molecule has 0 aliphatic heterocycles. The SMILES string of the molecule is O=C(O)c1cc([AsH2])cc(C(=O)O)c1. The molecule has 1 aromatic carbocycles. The molecular formula is C8H7AsO4. The second-order valence-electron chi connectivity index (χ2n) is 2.45. The molecule has 13 heavy (non-hydrogen) atoms. The first kappa shape index (κ1) is 9.80. The van der Waals surface area contributed by atoms with E-state index >= 15 is 0 Å². The zero-order chi connectivity index (χ0) is 10.0. The number of carbonyl (C=O) groups is 2. The van der Waals surface area contributed by atoms with Gasteiger partial charge >= 0.3 is 82.3 Å². The summed E-state index contributed by atoms with van der Waals surface area (Å²) in [6, 6.07) is 4.05. The molecule has 1 atom stereocenters. The van der Waals surface area contributed by atoms with E-state index in [4.69, 9.17) is 10.2 Å². The molecule has 0 heterocycles. The second-order valence-corrected chi connectivity index (χ2v) is 3.85. The van der Waals surface area contributed by atoms with Gasteiger partial charge in [0.15, 0.2) is 0 Å². The zero-order valence-corrected chi connectivity index (χ0v) is 8.94. The van der Waals surface area contributed by atoms with E-state index in [-0.39, 0.29) is 11.1 Å². The third-order valence-electron chi connectivity index (χ3n) is 1.45. The van der Waals surface area contributed by atoms with E-state index < -0.39 is 11.9 Å². The maximum absolute atomic E-state index is 10.5. The second kappa shape index (κ2) is 3.62. The van der Waals surface area contributed by atoms with Gasteiger partial charge in [-0.2, -0.15) is 0 Å². The van der Waals surface area contributed by atoms with Crippen molar-refractivity contribution in [3.05, 3.63) is 29.3 Å². The Morgan fingerprint density at radius 1 is 1.00 bits per heavy atom. The van der Waals surface area contributed by atoms with Crippen molar-refractivity contribution in [1.82, 2.24) is 0 Å². The van der Waals surface area contributed by atoms with E-state index in [1.807, 2.05) is 0 Å². The van der Waals surface area contributed by atoms with Crippen molar-refractivity contribution in [2.24, 2.45) is 0 Å². The molecule has 0 fully saturated rings. The Labute approximate surface area is 82.7 Å². The van der Waals surface area contributed by atoms with Crippen molar-refractivity contribution >= 4 is 33.1 Å². The molecule has 0 bridgehead atoms. The van der Waals surface area contributed by atoms with Gasteiger partial charge in [0.25, 0.3) is 0 Å². The van der Waals surface area contributed by atoms with E-state index in [1.54, 1.807) is 0 Å². The van der Waals surface area contributed by atoms with E-state index in [0.717, 1.165) is 6.07 Å². The van der Waals surface area contributed by atoms with Crippen LogP contribution in [0, 0.1) is 0 Å². The summed E-state index contributed by atoms with van der Waals surface area (Å²) in [5.41, 5.74) is 0.0264. The fourth-order valence-electron chi connectivity index (χ4n) is 0.899. The number of benzene rings is 1. The first-order valence-corrected chi connectivity index (χ1v) is 4.59. The van der Waals surface area contributed by atoms with Crippen molar-refractivity contribution in [2.45, 2.75) is 0 Å². The Balaban J connectivity index is 3.26. The first-order valence-electron chi connectivity index (χ1n) is 3.38. The molecule has 2 N–H and O–H groups in total. The number of aromatic carboxylic acids is 2. The van der Waals surface area contributed by atoms with Gasteiger partial charge in [-0.15, -0.1) is 0 Å². The zero-order valence-electron chi connectivity index (χ0n) is 6.52. The molecule has 0 aromatic heterocycles. The van der Waals surface area contributed by atoms with Crippen LogP contribution in [-0.4, -0.2) is 39.0 Å². The van der Waals surface area contributed by atoms with E-state index in [1.165, 1.54) is 29.0 Å². The number of hydrogen-bond donors (Lipinski definition) is 2. The van der Waals surface area contributed by atoms with Crippen molar-refractivity contribution in [1.29, 1.82) is 0 Å². The van der Waals surface area contributed by atoms with Crippen LogP contribution < -0.4 is 4.35 Å². The van der Waals surface area contributed by atoms with Gasteiger partial charge in [0, 0.05) is 0 Å². The van der Waals surface area contributed by atoms with Gasteiger partial charge in [-0.05, 0) is 0 Å². The van der Waals surface area contributed by atoms with Crippen LogP contribution in [-0.2, 0) is 0 Å². The van der Waals surface area contributed by atoms with Gasteiger partial charge in [0.05, 0.1) is 0 Å². The minimum atomic E-state index is -1.11. The number of carboxylic acids is 2. The van der Waals surface area contributed by atoms with Gasteiger partial charge in [0.2, 0.25) is 0 Å². The molecule has 0 aliphatic rings. The van der Waals surface area contributed by atoms with Crippen LogP contribution in [0.1, 0.15) is 20.7 Å². The fraction of sp³-hybridized carbons (Fsp3) is 0. The quantitative estimate of drug-likeness (QED) is 0.675. The molecule has 1 unspecified atom stereocenters. The summed E-state index contributed by atoms with van der Waals surface area (Å²) in [7, 11) is 0. The number of carboxylic acid groups (broad SMARTS) is 2. The van der Waals surface area contributed by atoms with Crippen molar-refractivity contribution in [3.63, 3.8) is 0 Å². The summed E-state index contributed by atoms with van der Waals surface area (Å²) < 4.78 is 0.685. The third-order valence-corrected chi connectivity index (χ3v) is 2.15. The Hall–Kier alpha value is -1.28. The fourth-order valence-corrected chi connectivity index (χ4v) is 1.65. The van der Waals surface area contributed by atoms with Gasteiger partial charge < -0.3 is 0 Å². The molecule has 1 aromatic rings. The predicted molar refractivity (Wildman–Crippen MR) is 48.5 cm³/mol. The summed E-state index contributed by atoms with van der Waals surface area (Å²) in [6.07, 6.45) is 0. The Kier molecular flexibility index (Phi) is 2.73. The molecule has 0 radical (unpaired) electrons.